The number of carbonyl (C=O) groups excluding carboxylic acids is 2. The summed E-state index contributed by atoms with van der Waals surface area (Å²) in [6, 6.07) is 12.5. The van der Waals surface area contributed by atoms with Crippen LogP contribution in [0.4, 0.5) is 0 Å². The van der Waals surface area contributed by atoms with Crippen molar-refractivity contribution in [2.75, 3.05) is 25.2 Å². The van der Waals surface area contributed by atoms with E-state index in [0.717, 1.165) is 17.0 Å². The number of benzene rings is 2. The molecule has 2 atom stereocenters. The number of Topliss-reactive ketones (excluding diaryl/α,β-unsaturated/α-hetero) is 1. The molecule has 2 aromatic rings. The Kier molecular flexibility index (Phi) is 8.32. The van der Waals surface area contributed by atoms with Crippen molar-refractivity contribution >= 4 is 35.1 Å². The van der Waals surface area contributed by atoms with Crippen LogP contribution in [-0.2, 0) is 14.3 Å². The molecule has 0 saturated heterocycles. The Hall–Kier alpha value is -2.90. The minimum absolute atomic E-state index is 0.0143. The first-order chi connectivity index (χ1) is 17.3. The van der Waals surface area contributed by atoms with E-state index in [1.807, 2.05) is 31.2 Å². The van der Waals surface area contributed by atoms with Crippen molar-refractivity contribution in [3.63, 3.8) is 0 Å². The summed E-state index contributed by atoms with van der Waals surface area (Å²) in [4.78, 5) is 27.0. The fourth-order valence-corrected chi connectivity index (χ4v) is 5.74. The summed E-state index contributed by atoms with van der Waals surface area (Å²) in [6.07, 6.45) is 0.869. The van der Waals surface area contributed by atoms with Gasteiger partial charge in [-0.05, 0) is 54.3 Å². The molecule has 0 aromatic heterocycles. The second-order valence-electron chi connectivity index (χ2n) is 8.80. The Morgan fingerprint density at radius 3 is 2.72 bits per heavy atom. The van der Waals surface area contributed by atoms with Gasteiger partial charge in [0.2, 0.25) is 0 Å². The minimum atomic E-state index is -0.637. The van der Waals surface area contributed by atoms with Crippen molar-refractivity contribution in [2.45, 2.75) is 38.5 Å². The van der Waals surface area contributed by atoms with Gasteiger partial charge in [0.05, 0.1) is 12.7 Å². The van der Waals surface area contributed by atoms with Crippen LogP contribution in [0.5, 0.6) is 11.5 Å². The number of phenolic OH excluding ortho intramolecular Hbond substituents is 1. The molecule has 4 rings (SSSR count). The Morgan fingerprint density at radius 2 is 2.00 bits per heavy atom. The second-order valence-corrected chi connectivity index (χ2v) is 10.6. The van der Waals surface area contributed by atoms with E-state index < -0.39 is 11.9 Å². The number of allylic oxidation sites excluding steroid dienone is 3. The maximum atomic E-state index is 13.7. The zero-order valence-electron chi connectivity index (χ0n) is 20.6. The monoisotopic (exact) mass is 527 g/mol. The van der Waals surface area contributed by atoms with Gasteiger partial charge in [0.25, 0.3) is 0 Å². The number of rotatable bonds is 8. The van der Waals surface area contributed by atoms with Crippen molar-refractivity contribution < 1.29 is 24.2 Å². The van der Waals surface area contributed by atoms with E-state index >= 15 is 0 Å². The molecule has 0 amide bonds. The van der Waals surface area contributed by atoms with Crippen LogP contribution >= 0.6 is 23.4 Å². The largest absolute Gasteiger partial charge is 0.504 e. The number of ether oxygens (including phenoxy) is 2. The third-order valence-electron chi connectivity index (χ3n) is 6.59. The number of dihydropyridines is 1. The number of hydrogen-bond donors (Lipinski definition) is 2. The number of aromatic hydroxyl groups is 1. The van der Waals surface area contributed by atoms with Gasteiger partial charge in [0, 0.05) is 40.1 Å². The molecule has 2 aliphatic rings. The van der Waals surface area contributed by atoms with Crippen LogP contribution in [0.15, 0.2) is 65.0 Å². The molecule has 36 heavy (non-hydrogen) atoms. The van der Waals surface area contributed by atoms with Crippen molar-refractivity contribution in [1.29, 1.82) is 0 Å². The third-order valence-corrected chi connectivity index (χ3v) is 7.80. The van der Waals surface area contributed by atoms with E-state index in [9.17, 15) is 14.7 Å². The van der Waals surface area contributed by atoms with Gasteiger partial charge in [0.1, 0.15) is 6.61 Å². The van der Waals surface area contributed by atoms with Gasteiger partial charge in [0.15, 0.2) is 17.3 Å². The summed E-state index contributed by atoms with van der Waals surface area (Å²) in [6.45, 7) is 4.17. The molecule has 1 aliphatic heterocycles. The average Bonchev–Trinajstić information content (AvgIpc) is 2.86. The highest BCUT2D eigenvalue weighted by molar-refractivity contribution is 7.99. The summed E-state index contributed by atoms with van der Waals surface area (Å²) in [5.41, 5.74) is 3.98. The van der Waals surface area contributed by atoms with Gasteiger partial charge in [-0.2, -0.15) is 11.8 Å². The summed E-state index contributed by atoms with van der Waals surface area (Å²) in [5.74, 6) is 0.683. The summed E-state index contributed by atoms with van der Waals surface area (Å²) in [7, 11) is 1.47. The number of ketones is 1. The number of hydrogen-bond acceptors (Lipinski definition) is 7. The molecule has 2 N–H and O–H groups in total. The van der Waals surface area contributed by atoms with Crippen LogP contribution in [-0.4, -0.2) is 42.1 Å². The number of carbonyl (C=O) groups is 2. The number of halogens is 1. The van der Waals surface area contributed by atoms with Crippen LogP contribution in [0.2, 0.25) is 5.02 Å². The van der Waals surface area contributed by atoms with E-state index in [1.165, 1.54) is 13.2 Å². The lowest BCUT2D eigenvalue weighted by Gasteiger charge is -2.37. The first-order valence-electron chi connectivity index (χ1n) is 12.0. The number of phenols is 1. The highest BCUT2D eigenvalue weighted by atomic mass is 35.5. The molecular formula is C28H30ClNO5S. The van der Waals surface area contributed by atoms with Crippen molar-refractivity contribution in [3.05, 3.63) is 81.2 Å². The lowest BCUT2D eigenvalue weighted by atomic mass is 9.71. The topological polar surface area (TPSA) is 84.9 Å². The molecule has 2 aromatic carbocycles. The van der Waals surface area contributed by atoms with Crippen molar-refractivity contribution in [2.24, 2.45) is 0 Å². The SMILES string of the molecule is CCSCCOC(=O)C1=C(C)NC2=C(C(=O)C[C@@H](c3ccccc3Cl)C2)[C@@H]1c1ccc(O)c(OC)c1. The maximum absolute atomic E-state index is 13.7. The van der Waals surface area contributed by atoms with E-state index in [-0.39, 0.29) is 36.2 Å². The van der Waals surface area contributed by atoms with Gasteiger partial charge in [-0.25, -0.2) is 4.79 Å². The summed E-state index contributed by atoms with van der Waals surface area (Å²) in [5, 5.41) is 14.1. The van der Waals surface area contributed by atoms with Gasteiger partial charge in [-0.3, -0.25) is 4.79 Å². The van der Waals surface area contributed by atoms with Crippen LogP contribution < -0.4 is 10.1 Å². The number of esters is 1. The smallest absolute Gasteiger partial charge is 0.336 e. The molecule has 0 radical (unpaired) electrons. The second kappa shape index (κ2) is 11.4. The van der Waals surface area contributed by atoms with E-state index in [4.69, 9.17) is 21.1 Å². The molecule has 8 heteroatoms. The van der Waals surface area contributed by atoms with Crippen LogP contribution in [0.25, 0.3) is 0 Å². The third kappa shape index (κ3) is 5.27. The Bertz CT molecular complexity index is 1240. The van der Waals surface area contributed by atoms with Gasteiger partial charge >= 0.3 is 5.97 Å². The molecular weight excluding hydrogens is 498 g/mol. The summed E-state index contributed by atoms with van der Waals surface area (Å²) >= 11 is 8.15. The zero-order chi connectivity index (χ0) is 25.8. The standard InChI is InChI=1S/C28H30ClNO5S/c1-4-36-12-11-35-28(33)25-16(2)30-21-13-18(19-7-5-6-8-20(19)29)14-23(32)27(21)26(25)17-9-10-22(31)24(15-17)34-3/h5-10,15,18,26,30-31H,4,11-14H2,1-3H3/t18-,26+/m0/s1. The maximum Gasteiger partial charge on any atom is 0.336 e. The Balaban J connectivity index is 1.76. The molecule has 0 saturated carbocycles. The normalized spacial score (nSPS) is 19.6. The van der Waals surface area contributed by atoms with Crippen LogP contribution in [0, 0.1) is 0 Å². The van der Waals surface area contributed by atoms with Gasteiger partial charge in [-0.1, -0.05) is 42.8 Å². The van der Waals surface area contributed by atoms with E-state index in [2.05, 4.69) is 12.2 Å². The average molecular weight is 528 g/mol. The zero-order valence-corrected chi connectivity index (χ0v) is 22.2. The van der Waals surface area contributed by atoms with Gasteiger partial charge < -0.3 is 19.9 Å². The van der Waals surface area contributed by atoms with Crippen molar-refractivity contribution in [1.82, 2.24) is 5.32 Å². The predicted molar refractivity (Wildman–Crippen MR) is 143 cm³/mol. The fraction of sp³-hybridized carbons (Fsp3) is 0.357. The quantitative estimate of drug-likeness (QED) is 0.336. The Labute approximate surface area is 220 Å². The molecule has 190 valence electrons. The molecule has 0 bridgehead atoms. The first kappa shape index (κ1) is 26.2. The van der Waals surface area contributed by atoms with Crippen molar-refractivity contribution in [3.8, 4) is 11.5 Å². The summed E-state index contributed by atoms with van der Waals surface area (Å²) < 4.78 is 10.9. The van der Waals surface area contributed by atoms with E-state index in [0.29, 0.717) is 39.6 Å². The highest BCUT2D eigenvalue weighted by Gasteiger charge is 2.42. The molecule has 0 spiro atoms. The Morgan fingerprint density at radius 1 is 1.22 bits per heavy atom. The number of methoxy groups -OCH3 is 1. The molecule has 1 aliphatic carbocycles. The molecule has 6 nitrogen and oxygen atoms in total. The highest BCUT2D eigenvalue weighted by Crippen LogP contribution is 2.47. The van der Waals surface area contributed by atoms with Gasteiger partial charge in [-0.15, -0.1) is 0 Å². The molecule has 0 unspecified atom stereocenters. The van der Waals surface area contributed by atoms with Crippen LogP contribution in [0.3, 0.4) is 0 Å². The number of nitrogens with one attached hydrogen (secondary N) is 1. The number of thioether (sulfide) groups is 1. The fourth-order valence-electron chi connectivity index (χ4n) is 4.96. The van der Waals surface area contributed by atoms with E-state index in [1.54, 1.807) is 23.9 Å². The molecule has 0 fully saturated rings. The molecule has 1 heterocycles. The minimum Gasteiger partial charge on any atom is -0.504 e. The lowest BCUT2D eigenvalue weighted by molar-refractivity contribution is -0.138. The van der Waals surface area contributed by atoms with Crippen LogP contribution in [0.1, 0.15) is 49.7 Å². The lowest BCUT2D eigenvalue weighted by Crippen LogP contribution is -2.36. The first-order valence-corrected chi connectivity index (χ1v) is 13.5. The predicted octanol–water partition coefficient (Wildman–Crippen LogP) is 5.71.